The number of hydrogen-bond acceptors (Lipinski definition) is 8. The van der Waals surface area contributed by atoms with Gasteiger partial charge in [-0.15, -0.1) is 0 Å². The molecule has 1 aromatic rings. The molecule has 0 heterocycles. The van der Waals surface area contributed by atoms with E-state index in [0.717, 1.165) is 38.2 Å². The smallest absolute Gasteiger partial charge is 0.408 e. The molecular weight excluding hydrogens is 529 g/mol. The van der Waals surface area contributed by atoms with Gasteiger partial charge in [-0.1, -0.05) is 19.3 Å². The van der Waals surface area contributed by atoms with E-state index in [-0.39, 0.29) is 23.8 Å². The van der Waals surface area contributed by atoms with Gasteiger partial charge in [-0.05, 0) is 64.7 Å². The van der Waals surface area contributed by atoms with Crippen molar-refractivity contribution in [2.75, 3.05) is 23.7 Å². The van der Waals surface area contributed by atoms with Gasteiger partial charge in [0.2, 0.25) is 10.0 Å². The van der Waals surface area contributed by atoms with E-state index in [4.69, 9.17) is 4.74 Å². The molecule has 3 atom stereocenters. The Morgan fingerprint density at radius 1 is 1.13 bits per heavy atom. The second-order valence-corrected chi connectivity index (χ2v) is 12.3. The minimum Gasteiger partial charge on any atom is -0.444 e. The summed E-state index contributed by atoms with van der Waals surface area (Å²) in [6, 6.07) is 2.97. The maximum Gasteiger partial charge on any atom is 0.408 e. The summed E-state index contributed by atoms with van der Waals surface area (Å²) in [5.41, 5.74) is -0.579. The Morgan fingerprint density at radius 2 is 1.76 bits per heavy atom. The topological polar surface area (TPSA) is 149 Å². The number of sulfonamides is 1. The van der Waals surface area contributed by atoms with Crippen molar-refractivity contribution < 1.29 is 41.3 Å². The van der Waals surface area contributed by atoms with E-state index in [9.17, 15) is 36.6 Å². The molecule has 1 aliphatic carbocycles. The fraction of sp³-hybridized carbons (Fsp3) is 0.708. The van der Waals surface area contributed by atoms with Crippen molar-refractivity contribution in [3.05, 3.63) is 18.2 Å². The molecule has 0 aliphatic heterocycles. The Bertz CT molecular complexity index is 1020. The van der Waals surface area contributed by atoms with Gasteiger partial charge in [0.05, 0.1) is 17.8 Å². The van der Waals surface area contributed by atoms with E-state index >= 15 is 0 Å². The van der Waals surface area contributed by atoms with Crippen LogP contribution in [0.3, 0.4) is 0 Å². The molecule has 1 aromatic carbocycles. The molecule has 218 valence electrons. The van der Waals surface area contributed by atoms with Crippen LogP contribution in [-0.4, -0.2) is 68.0 Å². The molecule has 2 rings (SSSR count). The van der Waals surface area contributed by atoms with Crippen LogP contribution in [0.25, 0.3) is 0 Å². The van der Waals surface area contributed by atoms with Gasteiger partial charge >= 0.3 is 12.3 Å². The van der Waals surface area contributed by atoms with Gasteiger partial charge in [0, 0.05) is 12.2 Å². The lowest BCUT2D eigenvalue weighted by Crippen LogP contribution is -2.52. The summed E-state index contributed by atoms with van der Waals surface area (Å²) in [7, 11) is -4.56. The minimum absolute atomic E-state index is 0.0437. The molecule has 6 N–H and O–H groups in total. The number of halogens is 3. The third-order valence-corrected chi connectivity index (χ3v) is 7.27. The fourth-order valence-corrected chi connectivity index (χ4v) is 5.33. The molecule has 0 radical (unpaired) electrons. The zero-order chi connectivity index (χ0) is 28.7. The van der Waals surface area contributed by atoms with Crippen molar-refractivity contribution >= 4 is 27.5 Å². The molecule has 10 nitrogen and oxygen atoms in total. The van der Waals surface area contributed by atoms with E-state index in [1.54, 1.807) is 20.8 Å². The van der Waals surface area contributed by atoms with E-state index < -0.39 is 57.7 Å². The monoisotopic (exact) mass is 568 g/mol. The highest BCUT2D eigenvalue weighted by Crippen LogP contribution is 2.30. The second-order valence-electron chi connectivity index (χ2n) is 10.5. The first kappa shape index (κ1) is 31.9. The molecule has 0 unspecified atom stereocenters. The number of nitrogens with one attached hydrogen (secondary N) is 4. The summed E-state index contributed by atoms with van der Waals surface area (Å²) in [4.78, 5) is 12.0. The van der Waals surface area contributed by atoms with Crippen molar-refractivity contribution in [1.82, 2.24) is 10.0 Å². The van der Waals surface area contributed by atoms with Crippen LogP contribution in [0.2, 0.25) is 0 Å². The molecule has 0 spiro atoms. The van der Waals surface area contributed by atoms with Gasteiger partial charge < -0.3 is 30.9 Å². The zero-order valence-corrected chi connectivity index (χ0v) is 22.9. The third kappa shape index (κ3) is 10.8. The molecule has 0 bridgehead atoms. The first-order valence-corrected chi connectivity index (χ1v) is 14.0. The molecule has 1 saturated carbocycles. The van der Waals surface area contributed by atoms with Crippen molar-refractivity contribution in [3.63, 3.8) is 0 Å². The maximum absolute atomic E-state index is 12.6. The van der Waals surface area contributed by atoms with Crippen LogP contribution in [0.4, 0.5) is 29.3 Å². The molecule has 1 aliphatic rings. The third-order valence-electron chi connectivity index (χ3n) is 5.82. The number of carbonyl (C=O) groups excluding carboxylic acids is 1. The van der Waals surface area contributed by atoms with E-state index in [0.29, 0.717) is 0 Å². The first-order valence-electron chi connectivity index (χ1n) is 12.5. The first-order chi connectivity index (χ1) is 17.5. The van der Waals surface area contributed by atoms with Gasteiger partial charge in [-0.25, -0.2) is 17.9 Å². The molecular formula is C24H39F3N4O6S. The number of rotatable bonds is 11. The van der Waals surface area contributed by atoms with Crippen LogP contribution in [0.1, 0.15) is 59.8 Å². The summed E-state index contributed by atoms with van der Waals surface area (Å²) < 4.78 is 69.9. The number of anilines is 2. The Balaban J connectivity index is 2.30. The fourth-order valence-electron chi connectivity index (χ4n) is 4.16. The highest BCUT2D eigenvalue weighted by molar-refractivity contribution is 7.89. The van der Waals surface area contributed by atoms with Crippen LogP contribution < -0.4 is 20.7 Å². The maximum atomic E-state index is 12.6. The molecule has 0 saturated heterocycles. The summed E-state index contributed by atoms with van der Waals surface area (Å²) in [5, 5.41) is 29.0. The number of benzene rings is 1. The van der Waals surface area contributed by atoms with E-state index in [1.165, 1.54) is 23.8 Å². The van der Waals surface area contributed by atoms with Gasteiger partial charge in [0.1, 0.15) is 23.3 Å². The van der Waals surface area contributed by atoms with Crippen molar-refractivity contribution in [3.8, 4) is 0 Å². The van der Waals surface area contributed by atoms with Crippen LogP contribution in [0.15, 0.2) is 23.1 Å². The average Bonchev–Trinajstić information content (AvgIpc) is 2.79. The summed E-state index contributed by atoms with van der Waals surface area (Å²) in [6.07, 6.45) is -3.12. The molecule has 1 fully saturated rings. The van der Waals surface area contributed by atoms with Gasteiger partial charge in [-0.3, -0.25) is 0 Å². The zero-order valence-electron chi connectivity index (χ0n) is 22.1. The second kappa shape index (κ2) is 13.2. The largest absolute Gasteiger partial charge is 0.444 e. The lowest BCUT2D eigenvalue weighted by Gasteiger charge is -2.35. The number of alkyl halides is 3. The summed E-state index contributed by atoms with van der Waals surface area (Å²) in [6.45, 7) is 4.78. The number of hydrogen-bond donors (Lipinski definition) is 6. The van der Waals surface area contributed by atoms with Crippen molar-refractivity contribution in [1.29, 1.82) is 0 Å². The molecule has 0 aromatic heterocycles. The molecule has 14 heteroatoms. The van der Waals surface area contributed by atoms with Crippen LogP contribution in [-0.2, 0) is 14.8 Å². The van der Waals surface area contributed by atoms with Crippen molar-refractivity contribution in [2.45, 2.75) is 94.8 Å². The molecule has 38 heavy (non-hydrogen) atoms. The highest BCUT2D eigenvalue weighted by Gasteiger charge is 2.33. The predicted molar refractivity (Wildman–Crippen MR) is 137 cm³/mol. The van der Waals surface area contributed by atoms with Crippen molar-refractivity contribution in [2.24, 2.45) is 5.92 Å². The quantitative estimate of drug-likeness (QED) is 0.222. The number of alkyl carbamates (subject to hydrolysis) is 1. The highest BCUT2D eigenvalue weighted by atomic mass is 32.2. The average molecular weight is 569 g/mol. The van der Waals surface area contributed by atoms with Crippen LogP contribution in [0.5, 0.6) is 0 Å². The van der Waals surface area contributed by atoms with Gasteiger partial charge in [0.15, 0.2) is 0 Å². The minimum atomic E-state index is -4.75. The Morgan fingerprint density at radius 3 is 2.32 bits per heavy atom. The Kier molecular flexibility index (Phi) is 11.1. The van der Waals surface area contributed by atoms with E-state index in [1.807, 2.05) is 0 Å². The number of aliphatic hydroxyl groups excluding tert-OH is 2. The number of aliphatic hydroxyl groups is 2. The van der Waals surface area contributed by atoms with E-state index in [2.05, 4.69) is 16.0 Å². The van der Waals surface area contributed by atoms with Crippen LogP contribution in [0, 0.1) is 5.92 Å². The predicted octanol–water partition coefficient (Wildman–Crippen LogP) is 3.52. The lowest BCUT2D eigenvalue weighted by molar-refractivity contribution is -0.121. The van der Waals surface area contributed by atoms with Gasteiger partial charge in [0.25, 0.3) is 0 Å². The van der Waals surface area contributed by atoms with Crippen LogP contribution >= 0.6 is 0 Å². The normalized spacial score (nSPS) is 17.8. The number of ether oxygens (including phenoxy) is 1. The number of carbonyl (C=O) groups is 1. The lowest BCUT2D eigenvalue weighted by atomic mass is 9.83. The molecule has 1 amide bonds. The van der Waals surface area contributed by atoms with Gasteiger partial charge in [-0.2, -0.15) is 13.2 Å². The standard InChI is InChI=1S/C24H39F3N4O6S/c1-15(32)13-28-18-12-17(10-11-19(18)38(35,36)29-14-24(25,26)27)30-21(33)20(16-8-6-5-7-9-16)31-22(34)37-23(2,3)4/h10-12,15-16,20-21,28-30,32-33H,5-9,13-14H2,1-4H3,(H,31,34)/t15-,20+,21+/m1/s1. The Hall–Kier alpha value is -2.29. The summed E-state index contributed by atoms with van der Waals surface area (Å²) >= 11 is 0. The summed E-state index contributed by atoms with van der Waals surface area (Å²) in [5.74, 6) is -0.0437. The SMILES string of the molecule is C[C@@H](O)CNc1cc(N[C@@H](O)[C@@H](NC(=O)OC(C)(C)C)C2CCCCC2)ccc1S(=O)(=O)NCC(F)(F)F. The number of amides is 1. The Labute approximate surface area is 221 Å².